The lowest BCUT2D eigenvalue weighted by molar-refractivity contribution is 0.311. The van der Waals surface area contributed by atoms with Gasteiger partial charge in [0, 0.05) is 36.6 Å². The molecule has 1 aliphatic carbocycles. The summed E-state index contributed by atoms with van der Waals surface area (Å²) >= 11 is 6.02. The molecule has 1 saturated carbocycles. The van der Waals surface area contributed by atoms with E-state index in [4.69, 9.17) is 16.6 Å². The van der Waals surface area contributed by atoms with Crippen LogP contribution < -0.4 is 4.90 Å². The maximum absolute atomic E-state index is 12.4. The van der Waals surface area contributed by atoms with Crippen molar-refractivity contribution in [2.45, 2.75) is 37.0 Å². The van der Waals surface area contributed by atoms with Crippen molar-refractivity contribution in [2.24, 2.45) is 0 Å². The Bertz CT molecular complexity index is 890. The number of aromatic nitrogens is 1. The smallest absolute Gasteiger partial charge is 0.216 e. The van der Waals surface area contributed by atoms with E-state index in [1.54, 1.807) is 11.4 Å². The summed E-state index contributed by atoms with van der Waals surface area (Å²) < 4.78 is 26.4. The van der Waals surface area contributed by atoms with Crippen LogP contribution >= 0.6 is 11.6 Å². The molecule has 7 heteroatoms. The Balaban J connectivity index is 1.45. The van der Waals surface area contributed by atoms with E-state index in [1.165, 1.54) is 0 Å². The summed E-state index contributed by atoms with van der Waals surface area (Å²) in [5, 5.41) is 1.61. The molecule has 2 aliphatic rings. The number of hydrogen-bond acceptors (Lipinski definition) is 4. The third-order valence-electron chi connectivity index (χ3n) is 5.29. The summed E-state index contributed by atoms with van der Waals surface area (Å²) in [6.45, 7) is 1.64. The van der Waals surface area contributed by atoms with Crippen LogP contribution in [0.15, 0.2) is 30.3 Å². The molecular formula is C18H22ClN3O2S. The molecule has 1 saturated heterocycles. The van der Waals surface area contributed by atoms with Crippen molar-refractivity contribution < 1.29 is 8.42 Å². The Morgan fingerprint density at radius 2 is 1.84 bits per heavy atom. The monoisotopic (exact) mass is 379 g/mol. The molecule has 0 spiro atoms. The van der Waals surface area contributed by atoms with Crippen molar-refractivity contribution in [2.75, 3.05) is 25.0 Å². The molecule has 2 fully saturated rings. The zero-order valence-corrected chi connectivity index (χ0v) is 15.8. The first-order valence-corrected chi connectivity index (χ1v) is 10.6. The van der Waals surface area contributed by atoms with E-state index in [9.17, 15) is 8.42 Å². The van der Waals surface area contributed by atoms with Gasteiger partial charge >= 0.3 is 0 Å². The molecule has 0 unspecified atom stereocenters. The van der Waals surface area contributed by atoms with Gasteiger partial charge in [-0.05, 0) is 56.0 Å². The summed E-state index contributed by atoms with van der Waals surface area (Å²) in [7, 11) is -1.35. The van der Waals surface area contributed by atoms with Gasteiger partial charge in [0.05, 0.1) is 10.8 Å². The van der Waals surface area contributed by atoms with Crippen molar-refractivity contribution in [1.29, 1.82) is 0 Å². The molecule has 1 aliphatic heterocycles. The Hall–Kier alpha value is -1.37. The van der Waals surface area contributed by atoms with Crippen LogP contribution in [-0.4, -0.2) is 49.1 Å². The van der Waals surface area contributed by atoms with Crippen LogP contribution in [0.3, 0.4) is 0 Å². The van der Waals surface area contributed by atoms with E-state index in [-0.39, 0.29) is 11.3 Å². The fraction of sp³-hybridized carbons (Fsp3) is 0.500. The highest BCUT2D eigenvalue weighted by Crippen LogP contribution is 2.33. The highest BCUT2D eigenvalue weighted by molar-refractivity contribution is 7.90. The topological polar surface area (TPSA) is 53.5 Å². The summed E-state index contributed by atoms with van der Waals surface area (Å²) in [5.74, 6) is 0.945. The second-order valence-electron chi connectivity index (χ2n) is 6.99. The molecule has 2 aromatic rings. The molecule has 0 radical (unpaired) electrons. The van der Waals surface area contributed by atoms with Gasteiger partial charge in [-0.2, -0.15) is 0 Å². The molecule has 4 rings (SSSR count). The Kier molecular flexibility index (Phi) is 4.38. The minimum atomic E-state index is -3.09. The normalized spacial score (nSPS) is 19.7. The largest absolute Gasteiger partial charge is 0.356 e. The average Bonchev–Trinajstić information content (AvgIpc) is 3.46. The number of anilines is 1. The lowest BCUT2D eigenvalue weighted by Gasteiger charge is -2.36. The third kappa shape index (κ3) is 3.35. The molecule has 5 nitrogen and oxygen atoms in total. The van der Waals surface area contributed by atoms with E-state index >= 15 is 0 Å². The van der Waals surface area contributed by atoms with Crippen LogP contribution in [-0.2, 0) is 10.0 Å². The Morgan fingerprint density at radius 3 is 2.52 bits per heavy atom. The van der Waals surface area contributed by atoms with Crippen molar-refractivity contribution in [3.8, 4) is 0 Å². The second-order valence-corrected chi connectivity index (χ2v) is 9.69. The highest BCUT2D eigenvalue weighted by atomic mass is 35.5. The second kappa shape index (κ2) is 6.41. The van der Waals surface area contributed by atoms with Gasteiger partial charge in [0.1, 0.15) is 5.82 Å². The lowest BCUT2D eigenvalue weighted by Crippen LogP contribution is -2.46. The standard InChI is InChI=1S/C18H22ClN3O2S/c1-21(25(23,24)16-4-5-16)15-8-10-22(11-9-15)18-7-2-13-12-14(19)3-6-17(13)20-18/h2-3,6-7,12,15-16H,4-5,8-11H2,1H3. The molecule has 1 aromatic carbocycles. The number of halogens is 1. The number of nitrogens with zero attached hydrogens (tertiary/aromatic N) is 3. The van der Waals surface area contributed by atoms with Gasteiger partial charge < -0.3 is 4.90 Å². The van der Waals surface area contributed by atoms with Crippen molar-refractivity contribution in [1.82, 2.24) is 9.29 Å². The van der Waals surface area contributed by atoms with Crippen LogP contribution in [0, 0.1) is 0 Å². The number of benzene rings is 1. The Labute approximate surface area is 153 Å². The van der Waals surface area contributed by atoms with E-state index in [0.29, 0.717) is 5.02 Å². The van der Waals surface area contributed by atoms with Gasteiger partial charge in [-0.25, -0.2) is 17.7 Å². The van der Waals surface area contributed by atoms with Gasteiger partial charge in [0.15, 0.2) is 0 Å². The minimum absolute atomic E-state index is 0.0983. The number of fused-ring (bicyclic) bond motifs is 1. The first kappa shape index (κ1) is 17.1. The SMILES string of the molecule is CN(C1CCN(c2ccc3cc(Cl)ccc3n2)CC1)S(=O)(=O)C1CC1. The molecule has 2 heterocycles. The van der Waals surface area contributed by atoms with E-state index in [0.717, 1.165) is 55.5 Å². The fourth-order valence-corrected chi connectivity index (χ4v) is 5.54. The predicted octanol–water partition coefficient (Wildman–Crippen LogP) is 3.28. The van der Waals surface area contributed by atoms with Crippen LogP contribution in [0.4, 0.5) is 5.82 Å². The van der Waals surface area contributed by atoms with Gasteiger partial charge in [-0.15, -0.1) is 0 Å². The van der Waals surface area contributed by atoms with Crippen LogP contribution in [0.25, 0.3) is 10.9 Å². The molecule has 134 valence electrons. The summed E-state index contributed by atoms with van der Waals surface area (Å²) in [4.78, 5) is 6.97. The van der Waals surface area contributed by atoms with Gasteiger partial charge in [-0.1, -0.05) is 11.6 Å². The molecule has 0 amide bonds. The minimum Gasteiger partial charge on any atom is -0.356 e. The maximum atomic E-state index is 12.4. The lowest BCUT2D eigenvalue weighted by atomic mass is 10.1. The number of pyridine rings is 1. The molecule has 0 atom stereocenters. The first-order chi connectivity index (χ1) is 11.9. The van der Waals surface area contributed by atoms with Crippen LogP contribution in [0.2, 0.25) is 5.02 Å². The third-order valence-corrected chi connectivity index (χ3v) is 7.94. The zero-order chi connectivity index (χ0) is 17.6. The predicted molar refractivity (Wildman–Crippen MR) is 102 cm³/mol. The molecule has 0 N–H and O–H groups in total. The maximum Gasteiger partial charge on any atom is 0.216 e. The summed E-state index contributed by atoms with van der Waals surface area (Å²) in [6, 6.07) is 9.86. The number of hydrogen-bond donors (Lipinski definition) is 0. The van der Waals surface area contributed by atoms with E-state index in [2.05, 4.69) is 4.90 Å². The fourth-order valence-electron chi connectivity index (χ4n) is 3.53. The Morgan fingerprint density at radius 1 is 1.12 bits per heavy atom. The van der Waals surface area contributed by atoms with Crippen molar-refractivity contribution in [3.63, 3.8) is 0 Å². The van der Waals surface area contributed by atoms with Gasteiger partial charge in [0.25, 0.3) is 0 Å². The van der Waals surface area contributed by atoms with Crippen LogP contribution in [0.1, 0.15) is 25.7 Å². The first-order valence-electron chi connectivity index (χ1n) is 8.73. The summed E-state index contributed by atoms with van der Waals surface area (Å²) in [5.41, 5.74) is 0.928. The number of rotatable bonds is 4. The van der Waals surface area contributed by atoms with E-state index < -0.39 is 10.0 Å². The molecule has 1 aromatic heterocycles. The number of sulfonamides is 1. The van der Waals surface area contributed by atoms with Crippen LogP contribution in [0.5, 0.6) is 0 Å². The molecular weight excluding hydrogens is 358 g/mol. The van der Waals surface area contributed by atoms with Gasteiger partial charge in [0.2, 0.25) is 10.0 Å². The highest BCUT2D eigenvalue weighted by Gasteiger charge is 2.41. The summed E-state index contributed by atoms with van der Waals surface area (Å²) in [6.07, 6.45) is 3.30. The van der Waals surface area contributed by atoms with Crippen molar-refractivity contribution in [3.05, 3.63) is 35.4 Å². The zero-order valence-electron chi connectivity index (χ0n) is 14.2. The number of piperidine rings is 1. The molecule has 0 bridgehead atoms. The molecule has 25 heavy (non-hydrogen) atoms. The average molecular weight is 380 g/mol. The van der Waals surface area contributed by atoms with E-state index in [1.807, 2.05) is 30.3 Å². The van der Waals surface area contributed by atoms with Gasteiger partial charge in [-0.3, -0.25) is 0 Å². The quantitative estimate of drug-likeness (QED) is 0.818. The van der Waals surface area contributed by atoms with Crippen molar-refractivity contribution >= 4 is 38.3 Å².